The molecule has 0 saturated heterocycles. The lowest BCUT2D eigenvalue weighted by molar-refractivity contribution is 0.332. The Kier molecular flexibility index (Phi) is 7.87. The summed E-state index contributed by atoms with van der Waals surface area (Å²) in [5.74, 6) is 0. The second kappa shape index (κ2) is 12.8. The summed E-state index contributed by atoms with van der Waals surface area (Å²) in [4.78, 5) is 5.23. The Balaban J connectivity index is 1.33. The summed E-state index contributed by atoms with van der Waals surface area (Å²) in [5.41, 5.74) is 22.6. The van der Waals surface area contributed by atoms with Crippen molar-refractivity contribution in [2.75, 3.05) is 9.80 Å². The van der Waals surface area contributed by atoms with E-state index in [4.69, 9.17) is 4.42 Å². The van der Waals surface area contributed by atoms with Gasteiger partial charge in [-0.3, -0.25) is 0 Å². The van der Waals surface area contributed by atoms with Gasteiger partial charge in [-0.05, 0) is 141 Å². The van der Waals surface area contributed by atoms with Crippen LogP contribution in [-0.4, -0.2) is 6.71 Å². The van der Waals surface area contributed by atoms with Gasteiger partial charge in [0.25, 0.3) is 6.71 Å². The van der Waals surface area contributed by atoms with Gasteiger partial charge in [0.15, 0.2) is 0 Å². The van der Waals surface area contributed by atoms with E-state index >= 15 is 0 Å². The maximum Gasteiger partial charge on any atom is 0.252 e. The van der Waals surface area contributed by atoms with E-state index in [9.17, 15) is 0 Å². The zero-order valence-corrected chi connectivity index (χ0v) is 36.5. The van der Waals surface area contributed by atoms with Gasteiger partial charge in [-0.2, -0.15) is 0 Å². The molecule has 7 aromatic carbocycles. The van der Waals surface area contributed by atoms with Crippen molar-refractivity contribution in [2.45, 2.75) is 91.4 Å². The van der Waals surface area contributed by atoms with Crippen LogP contribution in [0.4, 0.5) is 34.1 Å². The topological polar surface area (TPSA) is 19.6 Å². The molecule has 0 fully saturated rings. The highest BCUT2D eigenvalue weighted by atomic mass is 16.3. The van der Waals surface area contributed by atoms with E-state index in [0.717, 1.165) is 29.4 Å². The molecule has 0 bridgehead atoms. The normalized spacial score (nSPS) is 16.1. The van der Waals surface area contributed by atoms with Crippen molar-refractivity contribution in [3.8, 4) is 11.1 Å². The van der Waals surface area contributed by atoms with Gasteiger partial charge in [-0.15, -0.1) is 0 Å². The first-order chi connectivity index (χ1) is 28.7. The second-order valence-corrected chi connectivity index (χ2v) is 20.1. The predicted octanol–water partition coefficient (Wildman–Crippen LogP) is 13.6. The van der Waals surface area contributed by atoms with E-state index in [2.05, 4.69) is 206 Å². The molecule has 4 heteroatoms. The third kappa shape index (κ3) is 5.35. The first kappa shape index (κ1) is 37.0. The number of fused-ring (bicyclic) bond motifs is 9. The zero-order chi connectivity index (χ0) is 41.5. The number of aryl methyl sites for hydroxylation is 2. The molecule has 1 aliphatic carbocycles. The molecule has 0 unspecified atom stereocenters. The molecule has 8 aromatic rings. The minimum Gasteiger partial charge on any atom is -0.456 e. The summed E-state index contributed by atoms with van der Waals surface area (Å²) in [5, 5.41) is 2.31. The molecule has 3 heterocycles. The van der Waals surface area contributed by atoms with Gasteiger partial charge in [0.05, 0.1) is 11.1 Å². The van der Waals surface area contributed by atoms with Gasteiger partial charge in [0.1, 0.15) is 11.2 Å². The Morgan fingerprint density at radius 3 is 1.90 bits per heavy atom. The monoisotopic (exact) mass is 780 g/mol. The fourth-order valence-electron chi connectivity index (χ4n) is 10.8. The lowest BCUT2D eigenvalue weighted by Crippen LogP contribution is -2.62. The molecule has 0 radical (unpaired) electrons. The molecule has 0 atom stereocenters. The number of furan rings is 1. The fourth-order valence-corrected chi connectivity index (χ4v) is 10.8. The lowest BCUT2D eigenvalue weighted by atomic mass is 9.33. The largest absolute Gasteiger partial charge is 0.456 e. The summed E-state index contributed by atoms with van der Waals surface area (Å²) < 4.78 is 6.70. The van der Waals surface area contributed by atoms with Gasteiger partial charge in [-0.1, -0.05) is 139 Å². The molecule has 0 saturated carbocycles. The van der Waals surface area contributed by atoms with Crippen molar-refractivity contribution in [1.29, 1.82) is 0 Å². The van der Waals surface area contributed by atoms with Gasteiger partial charge in [0, 0.05) is 33.8 Å². The van der Waals surface area contributed by atoms with E-state index in [1.165, 1.54) is 94.8 Å². The smallest absolute Gasteiger partial charge is 0.252 e. The maximum atomic E-state index is 6.70. The van der Waals surface area contributed by atoms with E-state index in [0.29, 0.717) is 0 Å². The predicted molar refractivity (Wildman–Crippen MR) is 257 cm³/mol. The standard InChI is InChI=1S/C56H53BN2O/c1-34-17-13-15-21-44(34)59-48-31-37(36-18-11-10-12-19-36)30-47-52(48)57(42-24-26-50-51(53(42)59)39-20-14-16-22-49(39)60-50)43-32-40-41(56(8,9)28-27-55(40,6)7)33-46(43)58(47)45-25-23-38(29-35(45)2)54(3,4)5/h10-26,29-33H,27-28H2,1-9H3. The first-order valence-electron chi connectivity index (χ1n) is 21.8. The molecule has 1 aromatic heterocycles. The molecule has 0 spiro atoms. The average Bonchev–Trinajstić information content (AvgIpc) is 3.62. The van der Waals surface area contributed by atoms with Crippen molar-refractivity contribution in [2.24, 2.45) is 0 Å². The number of benzene rings is 7. The van der Waals surface area contributed by atoms with Crippen LogP contribution in [0.5, 0.6) is 0 Å². The summed E-state index contributed by atoms with van der Waals surface area (Å²) in [6.07, 6.45) is 2.32. The molecule has 3 nitrogen and oxygen atoms in total. The highest BCUT2D eigenvalue weighted by Crippen LogP contribution is 2.53. The van der Waals surface area contributed by atoms with Crippen LogP contribution >= 0.6 is 0 Å². The Morgan fingerprint density at radius 2 is 1.18 bits per heavy atom. The van der Waals surface area contributed by atoms with Gasteiger partial charge in [0.2, 0.25) is 0 Å². The van der Waals surface area contributed by atoms with Crippen LogP contribution < -0.4 is 26.2 Å². The second-order valence-electron chi connectivity index (χ2n) is 20.1. The van der Waals surface area contributed by atoms with Crippen LogP contribution in [0.15, 0.2) is 138 Å². The van der Waals surface area contributed by atoms with Crippen molar-refractivity contribution < 1.29 is 4.42 Å². The van der Waals surface area contributed by atoms with Crippen LogP contribution in [0.25, 0.3) is 33.1 Å². The van der Waals surface area contributed by atoms with Crippen LogP contribution in [0.1, 0.15) is 89.1 Å². The molecule has 296 valence electrons. The lowest BCUT2D eigenvalue weighted by Gasteiger charge is -2.48. The third-order valence-electron chi connectivity index (χ3n) is 14.3. The Morgan fingerprint density at radius 1 is 0.533 bits per heavy atom. The van der Waals surface area contributed by atoms with Crippen LogP contribution in [0, 0.1) is 13.8 Å². The van der Waals surface area contributed by atoms with Crippen molar-refractivity contribution >= 4 is 79.2 Å². The highest BCUT2D eigenvalue weighted by molar-refractivity contribution is 7.00. The number of rotatable bonds is 3. The molecule has 0 N–H and O–H groups in total. The Hall–Kier alpha value is -6.00. The number of nitrogens with zero attached hydrogens (tertiary/aromatic N) is 2. The third-order valence-corrected chi connectivity index (χ3v) is 14.3. The van der Waals surface area contributed by atoms with Crippen molar-refractivity contribution in [3.63, 3.8) is 0 Å². The fraction of sp³-hybridized carbons (Fsp3) is 0.250. The minimum atomic E-state index is -0.0142. The molecule has 3 aliphatic rings. The Bertz CT molecular complexity index is 3070. The zero-order valence-electron chi connectivity index (χ0n) is 36.5. The molecule has 0 amide bonds. The van der Waals surface area contributed by atoms with Gasteiger partial charge in [-0.25, -0.2) is 0 Å². The van der Waals surface area contributed by atoms with Crippen LogP contribution in [0.2, 0.25) is 0 Å². The van der Waals surface area contributed by atoms with Gasteiger partial charge >= 0.3 is 0 Å². The molecule has 60 heavy (non-hydrogen) atoms. The molecular formula is C56H53BN2O. The highest BCUT2D eigenvalue weighted by Gasteiger charge is 2.47. The quantitative estimate of drug-likeness (QED) is 0.167. The van der Waals surface area contributed by atoms with Crippen LogP contribution in [0.3, 0.4) is 0 Å². The van der Waals surface area contributed by atoms with E-state index < -0.39 is 0 Å². The Labute approximate surface area is 355 Å². The van der Waals surface area contributed by atoms with Crippen molar-refractivity contribution in [3.05, 3.63) is 161 Å². The molecule has 2 aliphatic heterocycles. The number of hydrogen-bond acceptors (Lipinski definition) is 3. The summed E-state index contributed by atoms with van der Waals surface area (Å²) in [7, 11) is 0. The molecule has 11 rings (SSSR count). The summed E-state index contributed by atoms with van der Waals surface area (Å²) in [6.45, 7) is 21.3. The van der Waals surface area contributed by atoms with Crippen LogP contribution in [-0.2, 0) is 16.2 Å². The van der Waals surface area contributed by atoms with Crippen molar-refractivity contribution in [1.82, 2.24) is 0 Å². The first-order valence-corrected chi connectivity index (χ1v) is 21.8. The van der Waals surface area contributed by atoms with E-state index in [1.54, 1.807) is 0 Å². The number of hydrogen-bond donors (Lipinski definition) is 0. The summed E-state index contributed by atoms with van der Waals surface area (Å²) >= 11 is 0. The minimum absolute atomic E-state index is 0.0142. The van der Waals surface area contributed by atoms with E-state index in [1.807, 2.05) is 0 Å². The van der Waals surface area contributed by atoms with E-state index in [-0.39, 0.29) is 23.0 Å². The maximum absolute atomic E-state index is 6.70. The number of para-hydroxylation sites is 2. The van der Waals surface area contributed by atoms with Gasteiger partial charge < -0.3 is 14.2 Å². The average molecular weight is 781 g/mol. The molecular weight excluding hydrogens is 727 g/mol. The SMILES string of the molecule is Cc1cc(C(C)(C)C)ccc1N1c2cc3c(cc2B2c4ccc5oc6ccccc6c5c4N(c4ccccc4C)c4cc(-c5ccccc5)cc1c42)C(C)(C)CCC3(C)C. The summed E-state index contributed by atoms with van der Waals surface area (Å²) in [6, 6.07) is 50.5. The number of anilines is 6.